The summed E-state index contributed by atoms with van der Waals surface area (Å²) in [5.74, 6) is 7.38. The van der Waals surface area contributed by atoms with Crippen molar-refractivity contribution in [2.24, 2.45) is 17.7 Å². The summed E-state index contributed by atoms with van der Waals surface area (Å²) in [6, 6.07) is 8.99. The molecule has 0 amide bonds. The fourth-order valence-electron chi connectivity index (χ4n) is 3.12. The summed E-state index contributed by atoms with van der Waals surface area (Å²) in [6.45, 7) is 2.35. The van der Waals surface area contributed by atoms with Gasteiger partial charge in [-0.05, 0) is 42.4 Å². The Morgan fingerprint density at radius 3 is 2.47 bits per heavy atom. The van der Waals surface area contributed by atoms with Crippen LogP contribution in [0, 0.1) is 11.8 Å². The molecule has 1 aromatic carbocycles. The Morgan fingerprint density at radius 1 is 1.21 bits per heavy atom. The number of nitrogens with one attached hydrogen (secondary N) is 1. The predicted octanol–water partition coefficient (Wildman–Crippen LogP) is 3.08. The molecule has 1 saturated carbocycles. The van der Waals surface area contributed by atoms with Crippen LogP contribution in [-0.2, 0) is 0 Å². The smallest absolute Gasteiger partial charge is 0.0488 e. The Kier molecular flexibility index (Phi) is 4.83. The highest BCUT2D eigenvalue weighted by Crippen LogP contribution is 2.36. The van der Waals surface area contributed by atoms with Gasteiger partial charge < -0.3 is 4.90 Å². The molecule has 1 fully saturated rings. The van der Waals surface area contributed by atoms with E-state index < -0.39 is 0 Å². The third-order valence-corrected chi connectivity index (χ3v) is 4.46. The average Bonchev–Trinajstić information content (AvgIpc) is 2.42. The van der Waals surface area contributed by atoms with Crippen LogP contribution >= 0.6 is 0 Å². The second-order valence-corrected chi connectivity index (χ2v) is 6.15. The quantitative estimate of drug-likeness (QED) is 0.646. The molecule has 0 spiro atoms. The molecule has 0 bridgehead atoms. The molecule has 0 saturated heterocycles. The lowest BCUT2D eigenvalue weighted by molar-refractivity contribution is 0.232. The molecule has 0 heterocycles. The summed E-state index contributed by atoms with van der Waals surface area (Å²) in [6.07, 6.45) is 5.22. The molecule has 1 aliphatic carbocycles. The largest absolute Gasteiger partial charge is 0.378 e. The summed E-state index contributed by atoms with van der Waals surface area (Å²) in [5, 5.41) is 0. The minimum atomic E-state index is 0.285. The number of hydrogen-bond donors (Lipinski definition) is 2. The van der Waals surface area contributed by atoms with Gasteiger partial charge in [-0.2, -0.15) is 0 Å². The SMILES string of the molecule is CC1CCC(C(NN)c2cccc(N(C)C)c2)CC1. The fraction of sp³-hybridized carbons (Fsp3) is 0.625. The van der Waals surface area contributed by atoms with E-state index in [0.29, 0.717) is 5.92 Å². The first-order valence-electron chi connectivity index (χ1n) is 7.35. The molecule has 106 valence electrons. The number of anilines is 1. The van der Waals surface area contributed by atoms with E-state index in [1.54, 1.807) is 0 Å². The zero-order chi connectivity index (χ0) is 13.8. The Hall–Kier alpha value is -1.06. The van der Waals surface area contributed by atoms with E-state index in [4.69, 9.17) is 5.84 Å². The van der Waals surface area contributed by atoms with Gasteiger partial charge in [0.05, 0.1) is 0 Å². The van der Waals surface area contributed by atoms with Crippen LogP contribution in [0.2, 0.25) is 0 Å². The molecule has 3 heteroatoms. The van der Waals surface area contributed by atoms with E-state index in [1.807, 2.05) is 0 Å². The number of benzene rings is 1. The molecule has 2 rings (SSSR count). The first-order valence-corrected chi connectivity index (χ1v) is 7.35. The van der Waals surface area contributed by atoms with Crippen molar-refractivity contribution in [3.8, 4) is 0 Å². The van der Waals surface area contributed by atoms with Gasteiger partial charge in [0.1, 0.15) is 0 Å². The molecule has 1 aromatic rings. The summed E-state index contributed by atoms with van der Waals surface area (Å²) in [4.78, 5) is 2.14. The highest BCUT2D eigenvalue weighted by molar-refractivity contribution is 5.47. The van der Waals surface area contributed by atoms with E-state index in [1.165, 1.54) is 36.9 Å². The molecule has 1 unspecified atom stereocenters. The number of hydrogen-bond acceptors (Lipinski definition) is 3. The van der Waals surface area contributed by atoms with E-state index in [9.17, 15) is 0 Å². The summed E-state index contributed by atoms with van der Waals surface area (Å²) >= 11 is 0. The van der Waals surface area contributed by atoms with Crippen molar-refractivity contribution in [3.05, 3.63) is 29.8 Å². The van der Waals surface area contributed by atoms with Gasteiger partial charge in [0.2, 0.25) is 0 Å². The lowest BCUT2D eigenvalue weighted by Gasteiger charge is -2.33. The van der Waals surface area contributed by atoms with Crippen molar-refractivity contribution in [2.75, 3.05) is 19.0 Å². The summed E-state index contributed by atoms with van der Waals surface area (Å²) < 4.78 is 0. The van der Waals surface area contributed by atoms with Crippen molar-refractivity contribution in [2.45, 2.75) is 38.6 Å². The van der Waals surface area contributed by atoms with E-state index >= 15 is 0 Å². The Labute approximate surface area is 117 Å². The lowest BCUT2D eigenvalue weighted by Crippen LogP contribution is -2.35. The zero-order valence-electron chi connectivity index (χ0n) is 12.4. The van der Waals surface area contributed by atoms with Crippen LogP contribution in [0.4, 0.5) is 5.69 Å². The van der Waals surface area contributed by atoms with Gasteiger partial charge in [0.25, 0.3) is 0 Å². The van der Waals surface area contributed by atoms with E-state index in [0.717, 1.165) is 5.92 Å². The van der Waals surface area contributed by atoms with E-state index in [2.05, 4.69) is 55.6 Å². The maximum Gasteiger partial charge on any atom is 0.0488 e. The molecule has 3 nitrogen and oxygen atoms in total. The van der Waals surface area contributed by atoms with Crippen LogP contribution in [0.3, 0.4) is 0 Å². The molecular formula is C16H27N3. The second-order valence-electron chi connectivity index (χ2n) is 6.15. The van der Waals surface area contributed by atoms with Crippen molar-refractivity contribution >= 4 is 5.69 Å². The minimum absolute atomic E-state index is 0.285. The zero-order valence-corrected chi connectivity index (χ0v) is 12.4. The average molecular weight is 261 g/mol. The van der Waals surface area contributed by atoms with Crippen LogP contribution in [0.15, 0.2) is 24.3 Å². The highest BCUT2D eigenvalue weighted by Gasteiger charge is 2.26. The van der Waals surface area contributed by atoms with Crippen LogP contribution in [-0.4, -0.2) is 14.1 Å². The fourth-order valence-corrected chi connectivity index (χ4v) is 3.12. The highest BCUT2D eigenvalue weighted by atomic mass is 15.2. The van der Waals surface area contributed by atoms with E-state index in [-0.39, 0.29) is 6.04 Å². The predicted molar refractivity (Wildman–Crippen MR) is 82.0 cm³/mol. The summed E-state index contributed by atoms with van der Waals surface area (Å²) in [7, 11) is 4.15. The number of rotatable bonds is 4. The maximum atomic E-state index is 5.83. The summed E-state index contributed by atoms with van der Waals surface area (Å²) in [5.41, 5.74) is 5.60. The first-order chi connectivity index (χ1) is 9.11. The van der Waals surface area contributed by atoms with Crippen LogP contribution in [0.1, 0.15) is 44.2 Å². The molecule has 1 atom stereocenters. The van der Waals surface area contributed by atoms with Crippen LogP contribution < -0.4 is 16.2 Å². The normalized spacial score (nSPS) is 25.1. The van der Waals surface area contributed by atoms with Crippen LogP contribution in [0.5, 0.6) is 0 Å². The van der Waals surface area contributed by atoms with Crippen molar-refractivity contribution in [3.63, 3.8) is 0 Å². The van der Waals surface area contributed by atoms with Crippen LogP contribution in [0.25, 0.3) is 0 Å². The molecule has 0 aliphatic heterocycles. The van der Waals surface area contributed by atoms with Gasteiger partial charge in [-0.1, -0.05) is 31.9 Å². The third kappa shape index (κ3) is 3.48. The minimum Gasteiger partial charge on any atom is -0.378 e. The van der Waals surface area contributed by atoms with Gasteiger partial charge >= 0.3 is 0 Å². The maximum absolute atomic E-state index is 5.83. The van der Waals surface area contributed by atoms with Gasteiger partial charge in [-0.3, -0.25) is 11.3 Å². The molecule has 0 radical (unpaired) electrons. The number of nitrogens with two attached hydrogens (primary N) is 1. The first kappa shape index (κ1) is 14.4. The van der Waals surface area contributed by atoms with Crippen molar-refractivity contribution in [1.82, 2.24) is 5.43 Å². The third-order valence-electron chi connectivity index (χ3n) is 4.46. The molecule has 0 aromatic heterocycles. The van der Waals surface area contributed by atoms with Gasteiger partial charge in [0, 0.05) is 25.8 Å². The Morgan fingerprint density at radius 2 is 1.89 bits per heavy atom. The van der Waals surface area contributed by atoms with Gasteiger partial charge in [-0.15, -0.1) is 0 Å². The second kappa shape index (κ2) is 6.40. The van der Waals surface area contributed by atoms with Gasteiger partial charge in [0.15, 0.2) is 0 Å². The molecular weight excluding hydrogens is 234 g/mol. The van der Waals surface area contributed by atoms with Crippen molar-refractivity contribution in [1.29, 1.82) is 0 Å². The monoisotopic (exact) mass is 261 g/mol. The lowest BCUT2D eigenvalue weighted by atomic mass is 9.77. The Bertz CT molecular complexity index is 395. The Balaban J connectivity index is 2.15. The molecule has 3 N–H and O–H groups in total. The number of nitrogens with zero attached hydrogens (tertiary/aromatic N) is 1. The van der Waals surface area contributed by atoms with Crippen molar-refractivity contribution < 1.29 is 0 Å². The topological polar surface area (TPSA) is 41.3 Å². The standard InChI is InChI=1S/C16H27N3/c1-12-7-9-13(10-8-12)16(18-17)14-5-4-6-15(11-14)19(2)3/h4-6,11-13,16,18H,7-10,17H2,1-3H3. The van der Waals surface area contributed by atoms with Gasteiger partial charge in [-0.25, -0.2) is 0 Å². The number of hydrazine groups is 1. The molecule has 1 aliphatic rings. The molecule has 19 heavy (non-hydrogen) atoms.